The van der Waals surface area contributed by atoms with Crippen LogP contribution >= 0.6 is 0 Å². The van der Waals surface area contributed by atoms with E-state index in [2.05, 4.69) is 47.8 Å². The summed E-state index contributed by atoms with van der Waals surface area (Å²) in [6, 6.07) is 16.7. The van der Waals surface area contributed by atoms with Gasteiger partial charge in [-0.2, -0.15) is 0 Å². The fourth-order valence-corrected chi connectivity index (χ4v) is 2.36. The van der Waals surface area contributed by atoms with Gasteiger partial charge in [0, 0.05) is 17.8 Å². The molecule has 0 spiro atoms. The van der Waals surface area contributed by atoms with Crippen LogP contribution in [0.25, 0.3) is 11.6 Å². The fraction of sp³-hybridized carbons (Fsp3) is 0.176. The molecule has 0 saturated carbocycles. The van der Waals surface area contributed by atoms with Crippen molar-refractivity contribution >= 4 is 17.3 Å². The first-order chi connectivity index (χ1) is 9.36. The molecule has 1 aliphatic heterocycles. The molecule has 2 nitrogen and oxygen atoms in total. The van der Waals surface area contributed by atoms with E-state index in [0.29, 0.717) is 6.61 Å². The third-order valence-electron chi connectivity index (χ3n) is 3.27. The molecule has 0 radical (unpaired) electrons. The Hall–Kier alpha value is -2.22. The highest BCUT2D eigenvalue weighted by Gasteiger charge is 2.13. The highest BCUT2D eigenvalue weighted by atomic mass is 16.5. The van der Waals surface area contributed by atoms with Gasteiger partial charge in [0.2, 0.25) is 0 Å². The van der Waals surface area contributed by atoms with Crippen LogP contribution in [0, 0.1) is 0 Å². The van der Waals surface area contributed by atoms with E-state index in [4.69, 9.17) is 4.74 Å². The van der Waals surface area contributed by atoms with E-state index in [0.717, 1.165) is 12.3 Å². The number of nitrogens with one attached hydrogen (secondary N) is 1. The Morgan fingerprint density at radius 3 is 2.68 bits per heavy atom. The SMILES string of the molecule is CCOc1ccc(/C=C2/CNc3ccccc32)cc1. The molecule has 0 unspecified atom stereocenters. The van der Waals surface area contributed by atoms with Crippen molar-refractivity contribution in [3.63, 3.8) is 0 Å². The smallest absolute Gasteiger partial charge is 0.119 e. The minimum atomic E-state index is 0.706. The summed E-state index contributed by atoms with van der Waals surface area (Å²) in [5, 5.41) is 3.41. The van der Waals surface area contributed by atoms with Gasteiger partial charge in [-0.05, 0) is 42.3 Å². The zero-order valence-electron chi connectivity index (χ0n) is 11.0. The number of rotatable bonds is 3. The maximum Gasteiger partial charge on any atom is 0.119 e. The summed E-state index contributed by atoms with van der Waals surface area (Å²) in [6.45, 7) is 3.60. The molecule has 0 bridgehead atoms. The van der Waals surface area contributed by atoms with Crippen LogP contribution in [0.15, 0.2) is 48.5 Å². The Morgan fingerprint density at radius 1 is 1.11 bits per heavy atom. The first kappa shape index (κ1) is 11.8. The Labute approximate surface area is 113 Å². The number of para-hydroxylation sites is 1. The lowest BCUT2D eigenvalue weighted by Gasteiger charge is -2.03. The van der Waals surface area contributed by atoms with E-state index in [1.54, 1.807) is 0 Å². The van der Waals surface area contributed by atoms with Gasteiger partial charge in [-0.15, -0.1) is 0 Å². The van der Waals surface area contributed by atoms with Gasteiger partial charge < -0.3 is 10.1 Å². The van der Waals surface area contributed by atoms with Gasteiger partial charge in [0.05, 0.1) is 6.61 Å². The summed E-state index contributed by atoms with van der Waals surface area (Å²) >= 11 is 0. The van der Waals surface area contributed by atoms with Crippen molar-refractivity contribution in [1.82, 2.24) is 0 Å². The predicted molar refractivity (Wildman–Crippen MR) is 80.4 cm³/mol. The van der Waals surface area contributed by atoms with Crippen LogP contribution in [0.1, 0.15) is 18.1 Å². The van der Waals surface area contributed by atoms with Gasteiger partial charge in [0.1, 0.15) is 5.75 Å². The van der Waals surface area contributed by atoms with E-state index in [1.807, 2.05) is 19.1 Å². The predicted octanol–water partition coefficient (Wildman–Crippen LogP) is 4.05. The molecular weight excluding hydrogens is 234 g/mol. The molecule has 0 saturated heterocycles. The minimum absolute atomic E-state index is 0.706. The maximum atomic E-state index is 5.45. The van der Waals surface area contributed by atoms with E-state index in [1.165, 1.54) is 22.4 Å². The van der Waals surface area contributed by atoms with Gasteiger partial charge in [-0.25, -0.2) is 0 Å². The lowest BCUT2D eigenvalue weighted by atomic mass is 10.0. The fourth-order valence-electron chi connectivity index (χ4n) is 2.36. The average molecular weight is 251 g/mol. The second kappa shape index (κ2) is 5.19. The minimum Gasteiger partial charge on any atom is -0.494 e. The maximum absolute atomic E-state index is 5.45. The van der Waals surface area contributed by atoms with Crippen LogP contribution in [0.4, 0.5) is 5.69 Å². The summed E-state index contributed by atoms with van der Waals surface area (Å²) < 4.78 is 5.45. The average Bonchev–Trinajstić information content (AvgIpc) is 2.85. The molecule has 1 N–H and O–H groups in total. The number of hydrogen-bond donors (Lipinski definition) is 1. The summed E-state index contributed by atoms with van der Waals surface area (Å²) in [4.78, 5) is 0. The van der Waals surface area contributed by atoms with Crippen molar-refractivity contribution in [1.29, 1.82) is 0 Å². The van der Waals surface area contributed by atoms with Crippen molar-refractivity contribution in [2.75, 3.05) is 18.5 Å². The Morgan fingerprint density at radius 2 is 1.89 bits per heavy atom. The second-order valence-electron chi connectivity index (χ2n) is 4.57. The molecule has 0 amide bonds. The van der Waals surface area contributed by atoms with Crippen LogP contribution in [-0.2, 0) is 0 Å². The van der Waals surface area contributed by atoms with Crippen LogP contribution in [0.5, 0.6) is 5.75 Å². The summed E-state index contributed by atoms with van der Waals surface area (Å²) in [5.41, 5.74) is 5.06. The van der Waals surface area contributed by atoms with Gasteiger partial charge in [-0.1, -0.05) is 30.3 Å². The molecule has 0 aliphatic carbocycles. The molecular formula is C17H17NO. The number of fused-ring (bicyclic) bond motifs is 1. The van der Waals surface area contributed by atoms with Crippen molar-refractivity contribution in [2.45, 2.75) is 6.92 Å². The molecule has 1 heterocycles. The number of hydrogen-bond acceptors (Lipinski definition) is 2. The van der Waals surface area contributed by atoms with Crippen molar-refractivity contribution < 1.29 is 4.74 Å². The molecule has 2 heteroatoms. The van der Waals surface area contributed by atoms with E-state index in [9.17, 15) is 0 Å². The van der Waals surface area contributed by atoms with Crippen molar-refractivity contribution in [3.8, 4) is 5.75 Å². The quantitative estimate of drug-likeness (QED) is 0.888. The van der Waals surface area contributed by atoms with E-state index >= 15 is 0 Å². The monoisotopic (exact) mass is 251 g/mol. The molecule has 2 aromatic rings. The summed E-state index contributed by atoms with van der Waals surface area (Å²) in [7, 11) is 0. The van der Waals surface area contributed by atoms with Crippen molar-refractivity contribution in [2.24, 2.45) is 0 Å². The molecule has 96 valence electrons. The van der Waals surface area contributed by atoms with Crippen LogP contribution in [0.2, 0.25) is 0 Å². The first-order valence-corrected chi connectivity index (χ1v) is 6.63. The molecule has 2 aromatic carbocycles. The molecule has 1 aliphatic rings. The molecule has 0 aromatic heterocycles. The van der Waals surface area contributed by atoms with Crippen LogP contribution in [-0.4, -0.2) is 13.2 Å². The Balaban J connectivity index is 1.86. The highest BCUT2D eigenvalue weighted by molar-refractivity contribution is 5.92. The molecule has 3 rings (SSSR count). The Bertz CT molecular complexity index is 599. The van der Waals surface area contributed by atoms with Gasteiger partial charge >= 0.3 is 0 Å². The van der Waals surface area contributed by atoms with Crippen LogP contribution < -0.4 is 10.1 Å². The summed E-state index contributed by atoms with van der Waals surface area (Å²) in [6.07, 6.45) is 2.23. The first-order valence-electron chi connectivity index (χ1n) is 6.63. The van der Waals surface area contributed by atoms with Crippen LogP contribution in [0.3, 0.4) is 0 Å². The van der Waals surface area contributed by atoms with E-state index in [-0.39, 0.29) is 0 Å². The molecule has 0 fully saturated rings. The second-order valence-corrected chi connectivity index (χ2v) is 4.57. The third-order valence-corrected chi connectivity index (χ3v) is 3.27. The zero-order valence-corrected chi connectivity index (χ0v) is 11.0. The topological polar surface area (TPSA) is 21.3 Å². The van der Waals surface area contributed by atoms with Gasteiger partial charge in [0.25, 0.3) is 0 Å². The van der Waals surface area contributed by atoms with E-state index < -0.39 is 0 Å². The lowest BCUT2D eigenvalue weighted by Crippen LogP contribution is -1.92. The zero-order chi connectivity index (χ0) is 13.1. The van der Waals surface area contributed by atoms with Gasteiger partial charge in [0.15, 0.2) is 0 Å². The Kier molecular flexibility index (Phi) is 3.23. The number of benzene rings is 2. The normalized spacial score (nSPS) is 15.1. The lowest BCUT2D eigenvalue weighted by molar-refractivity contribution is 0.340. The highest BCUT2D eigenvalue weighted by Crippen LogP contribution is 2.31. The largest absolute Gasteiger partial charge is 0.494 e. The molecule has 19 heavy (non-hydrogen) atoms. The van der Waals surface area contributed by atoms with Crippen molar-refractivity contribution in [3.05, 3.63) is 59.7 Å². The number of ether oxygens (including phenoxy) is 1. The summed E-state index contributed by atoms with van der Waals surface area (Å²) in [5.74, 6) is 0.926. The standard InChI is InChI=1S/C17H17NO/c1-2-19-15-9-7-13(8-10-15)11-14-12-18-17-6-4-3-5-16(14)17/h3-11,18H,2,12H2,1H3/b14-11-. The third kappa shape index (κ3) is 2.48. The number of anilines is 1. The van der Waals surface area contributed by atoms with Gasteiger partial charge in [-0.3, -0.25) is 0 Å². The molecule has 0 atom stereocenters.